The Bertz CT molecular complexity index is 528. The van der Waals surface area contributed by atoms with Gasteiger partial charge in [0.15, 0.2) is 11.5 Å². The minimum Gasteiger partial charge on any atom is -0.453 e. The summed E-state index contributed by atoms with van der Waals surface area (Å²) in [6.45, 7) is 0. The summed E-state index contributed by atoms with van der Waals surface area (Å²) in [7, 11) is 0. The van der Waals surface area contributed by atoms with Gasteiger partial charge in [0, 0.05) is 4.47 Å². The number of para-hydroxylation sites is 3. The van der Waals surface area contributed by atoms with Crippen LogP contribution in [0.25, 0.3) is 0 Å². The molecule has 0 atom stereocenters. The van der Waals surface area contributed by atoms with Crippen LogP contribution < -0.4 is 10.1 Å². The van der Waals surface area contributed by atoms with E-state index >= 15 is 0 Å². The molecule has 4 heteroatoms. The predicted molar refractivity (Wildman–Crippen MR) is 74.3 cm³/mol. The highest BCUT2D eigenvalue weighted by Crippen LogP contribution is 2.44. The van der Waals surface area contributed by atoms with E-state index in [1.165, 1.54) is 0 Å². The molecular weight excluding hydrogens is 334 g/mol. The number of hydrogen-bond acceptors (Lipinski definition) is 2. The molecule has 0 spiro atoms. The normalized spacial score (nSPS) is 11.3. The molecule has 82 valence electrons. The molecule has 0 radical (unpaired) electrons. The van der Waals surface area contributed by atoms with Crippen LogP contribution in [0.2, 0.25) is 0 Å². The van der Waals surface area contributed by atoms with E-state index in [1.54, 1.807) is 0 Å². The molecule has 0 unspecified atom stereocenters. The molecule has 3 rings (SSSR count). The number of halogens is 2. The molecule has 0 fully saturated rings. The van der Waals surface area contributed by atoms with Gasteiger partial charge in [0.2, 0.25) is 0 Å². The molecule has 0 bridgehead atoms. The second-order valence-corrected chi connectivity index (χ2v) is 4.19. The first kappa shape index (κ1) is 11.5. The number of fused-ring (bicyclic) bond motifs is 2. The lowest BCUT2D eigenvalue weighted by atomic mass is 10.2. The summed E-state index contributed by atoms with van der Waals surface area (Å²) in [5.41, 5.74) is 1.98. The van der Waals surface area contributed by atoms with Crippen molar-refractivity contribution in [1.29, 1.82) is 0 Å². The molecule has 1 aliphatic rings. The summed E-state index contributed by atoms with van der Waals surface area (Å²) in [6, 6.07) is 13.8. The third kappa shape index (κ3) is 1.83. The molecule has 1 N–H and O–H groups in total. The van der Waals surface area contributed by atoms with Crippen LogP contribution in [0.1, 0.15) is 0 Å². The highest BCUT2D eigenvalue weighted by Gasteiger charge is 2.17. The molecule has 0 saturated heterocycles. The first-order chi connectivity index (χ1) is 7.34. The molecule has 0 aromatic heterocycles. The summed E-state index contributed by atoms with van der Waals surface area (Å²) in [5, 5.41) is 3.34. The molecule has 0 saturated carbocycles. The lowest BCUT2D eigenvalue weighted by Crippen LogP contribution is -2.02. The van der Waals surface area contributed by atoms with E-state index in [0.717, 1.165) is 27.3 Å². The van der Waals surface area contributed by atoms with Gasteiger partial charge in [-0.1, -0.05) is 18.2 Å². The topological polar surface area (TPSA) is 21.3 Å². The van der Waals surface area contributed by atoms with Gasteiger partial charge in [-0.05, 0) is 40.2 Å². The summed E-state index contributed by atoms with van der Waals surface area (Å²) >= 11 is 3.49. The monoisotopic (exact) mass is 341 g/mol. The fourth-order valence-electron chi connectivity index (χ4n) is 1.62. The van der Waals surface area contributed by atoms with Crippen LogP contribution in [0, 0.1) is 0 Å². The van der Waals surface area contributed by atoms with Gasteiger partial charge in [0.1, 0.15) is 0 Å². The highest BCUT2D eigenvalue weighted by molar-refractivity contribution is 9.10. The summed E-state index contributed by atoms with van der Waals surface area (Å²) in [5.74, 6) is 1.71. The van der Waals surface area contributed by atoms with Crippen LogP contribution in [0.5, 0.6) is 11.5 Å². The predicted octanol–water partition coefficient (Wildman–Crippen LogP) is 4.88. The first-order valence-electron chi connectivity index (χ1n) is 4.67. The summed E-state index contributed by atoms with van der Waals surface area (Å²) in [6.07, 6.45) is 0. The van der Waals surface area contributed by atoms with Crippen LogP contribution in [0.15, 0.2) is 46.9 Å². The van der Waals surface area contributed by atoms with E-state index < -0.39 is 0 Å². The second-order valence-electron chi connectivity index (χ2n) is 3.34. The van der Waals surface area contributed by atoms with Crippen molar-refractivity contribution >= 4 is 44.3 Å². The van der Waals surface area contributed by atoms with Gasteiger partial charge in [0.05, 0.1) is 11.4 Å². The Morgan fingerprint density at radius 3 is 2.56 bits per heavy atom. The van der Waals surface area contributed by atoms with Crippen LogP contribution in [-0.4, -0.2) is 0 Å². The maximum atomic E-state index is 5.77. The molecule has 16 heavy (non-hydrogen) atoms. The minimum atomic E-state index is 0. The second kappa shape index (κ2) is 4.47. The van der Waals surface area contributed by atoms with Crippen LogP contribution in [0.4, 0.5) is 11.4 Å². The van der Waals surface area contributed by atoms with E-state index in [-0.39, 0.29) is 17.0 Å². The fraction of sp³-hybridized carbons (Fsp3) is 0. The smallest absolute Gasteiger partial charge is 0.152 e. The van der Waals surface area contributed by atoms with Gasteiger partial charge >= 0.3 is 0 Å². The van der Waals surface area contributed by atoms with Crippen molar-refractivity contribution < 1.29 is 4.74 Å². The summed E-state index contributed by atoms with van der Waals surface area (Å²) < 4.78 is 6.77. The molecule has 2 aromatic carbocycles. The van der Waals surface area contributed by atoms with Crippen molar-refractivity contribution in [2.45, 2.75) is 0 Å². The zero-order valence-electron chi connectivity index (χ0n) is 8.24. The molecule has 2 nitrogen and oxygen atoms in total. The molecule has 0 amide bonds. The maximum absolute atomic E-state index is 5.77. The Morgan fingerprint density at radius 1 is 0.938 bits per heavy atom. The molecule has 2 aromatic rings. The van der Waals surface area contributed by atoms with Crippen molar-refractivity contribution in [1.82, 2.24) is 0 Å². The quantitative estimate of drug-likeness (QED) is 0.628. The SMILES string of the molecule is Br.Brc1cccc2c1Nc1ccccc1O2. The molecule has 1 heterocycles. The van der Waals surface area contributed by atoms with Gasteiger partial charge in [-0.3, -0.25) is 0 Å². The number of anilines is 2. The third-order valence-electron chi connectivity index (χ3n) is 2.34. The van der Waals surface area contributed by atoms with Crippen molar-refractivity contribution in [3.63, 3.8) is 0 Å². The van der Waals surface area contributed by atoms with Crippen LogP contribution >= 0.6 is 32.9 Å². The van der Waals surface area contributed by atoms with Gasteiger partial charge in [0.25, 0.3) is 0 Å². The van der Waals surface area contributed by atoms with Gasteiger partial charge in [-0.15, -0.1) is 17.0 Å². The molecular formula is C12H9Br2NO. The lowest BCUT2D eigenvalue weighted by Gasteiger charge is -2.22. The Morgan fingerprint density at radius 2 is 1.69 bits per heavy atom. The Kier molecular flexibility index (Phi) is 3.21. The minimum absolute atomic E-state index is 0. The van der Waals surface area contributed by atoms with E-state index in [2.05, 4.69) is 21.2 Å². The maximum Gasteiger partial charge on any atom is 0.152 e. The first-order valence-corrected chi connectivity index (χ1v) is 5.46. The van der Waals surface area contributed by atoms with E-state index in [4.69, 9.17) is 4.74 Å². The third-order valence-corrected chi connectivity index (χ3v) is 3.00. The summed E-state index contributed by atoms with van der Waals surface area (Å²) in [4.78, 5) is 0. The van der Waals surface area contributed by atoms with E-state index in [0.29, 0.717) is 0 Å². The average Bonchev–Trinajstić information content (AvgIpc) is 2.27. The molecule has 1 aliphatic heterocycles. The van der Waals surface area contributed by atoms with Gasteiger partial charge in [-0.2, -0.15) is 0 Å². The van der Waals surface area contributed by atoms with Crippen LogP contribution in [0.3, 0.4) is 0 Å². The average molecular weight is 343 g/mol. The standard InChI is InChI=1S/C12H8BrNO.BrH/c13-8-4-3-7-11-12(8)14-9-5-1-2-6-10(9)15-11;/h1-7,14H;1H. The number of hydrogen-bond donors (Lipinski definition) is 1. The van der Waals surface area contributed by atoms with Crippen molar-refractivity contribution in [2.75, 3.05) is 5.32 Å². The van der Waals surface area contributed by atoms with Crippen molar-refractivity contribution in [2.24, 2.45) is 0 Å². The van der Waals surface area contributed by atoms with E-state index in [1.807, 2.05) is 42.5 Å². The Hall–Kier alpha value is -1.00. The van der Waals surface area contributed by atoms with Gasteiger partial charge < -0.3 is 10.1 Å². The lowest BCUT2D eigenvalue weighted by molar-refractivity contribution is 0.481. The van der Waals surface area contributed by atoms with Crippen molar-refractivity contribution in [3.05, 3.63) is 46.9 Å². The van der Waals surface area contributed by atoms with E-state index in [9.17, 15) is 0 Å². The number of ether oxygens (including phenoxy) is 1. The van der Waals surface area contributed by atoms with Gasteiger partial charge in [-0.25, -0.2) is 0 Å². The number of nitrogens with one attached hydrogen (secondary N) is 1. The Balaban J connectivity index is 0.000000963. The number of benzene rings is 2. The fourth-order valence-corrected chi connectivity index (χ4v) is 2.07. The molecule has 0 aliphatic carbocycles. The number of rotatable bonds is 0. The Labute approximate surface area is 113 Å². The highest BCUT2D eigenvalue weighted by atomic mass is 79.9. The zero-order valence-corrected chi connectivity index (χ0v) is 11.5. The zero-order chi connectivity index (χ0) is 10.3. The van der Waals surface area contributed by atoms with Crippen LogP contribution in [-0.2, 0) is 0 Å². The largest absolute Gasteiger partial charge is 0.453 e. The van der Waals surface area contributed by atoms with Crippen molar-refractivity contribution in [3.8, 4) is 11.5 Å².